The van der Waals surface area contributed by atoms with E-state index in [1.165, 1.54) is 11.3 Å². The van der Waals surface area contributed by atoms with E-state index in [-0.39, 0.29) is 12.6 Å². The molecule has 2 aromatic rings. The summed E-state index contributed by atoms with van der Waals surface area (Å²) in [7, 11) is 0. The van der Waals surface area contributed by atoms with Crippen molar-refractivity contribution in [2.75, 3.05) is 19.8 Å². The molecule has 4 nitrogen and oxygen atoms in total. The highest BCUT2D eigenvalue weighted by Crippen LogP contribution is 2.28. The minimum Gasteiger partial charge on any atom is -0.459 e. The number of rotatable bonds is 6. The Hall–Kier alpha value is -1.72. The molecule has 0 amide bonds. The molecular formula is C15H17NO3S. The molecule has 0 aliphatic carbocycles. The second-order valence-electron chi connectivity index (χ2n) is 4.13. The zero-order valence-corrected chi connectivity index (χ0v) is 12.4. The number of esters is 1. The van der Waals surface area contributed by atoms with Gasteiger partial charge in [-0.05, 0) is 13.8 Å². The molecular weight excluding hydrogens is 274 g/mol. The highest BCUT2D eigenvalue weighted by atomic mass is 32.1. The predicted molar refractivity (Wildman–Crippen MR) is 79.1 cm³/mol. The average Bonchev–Trinajstić information content (AvgIpc) is 2.86. The second-order valence-corrected chi connectivity index (χ2v) is 5.13. The number of thiazole rings is 1. The van der Waals surface area contributed by atoms with Crippen molar-refractivity contribution in [3.05, 3.63) is 40.9 Å². The lowest BCUT2D eigenvalue weighted by atomic mass is 10.2. The van der Waals surface area contributed by atoms with Crippen LogP contribution in [0.15, 0.2) is 30.3 Å². The molecule has 0 bridgehead atoms. The van der Waals surface area contributed by atoms with Crippen molar-refractivity contribution >= 4 is 17.3 Å². The number of aryl methyl sites for hydroxylation is 1. The van der Waals surface area contributed by atoms with Crippen LogP contribution in [0, 0.1) is 6.92 Å². The van der Waals surface area contributed by atoms with Crippen LogP contribution in [0.1, 0.15) is 22.3 Å². The topological polar surface area (TPSA) is 48.4 Å². The lowest BCUT2D eigenvalue weighted by molar-refractivity contribution is 0.0339. The van der Waals surface area contributed by atoms with Crippen molar-refractivity contribution < 1.29 is 14.3 Å². The third-order valence-corrected chi connectivity index (χ3v) is 3.85. The summed E-state index contributed by atoms with van der Waals surface area (Å²) >= 11 is 1.36. The van der Waals surface area contributed by atoms with Gasteiger partial charge < -0.3 is 9.47 Å². The second kappa shape index (κ2) is 7.17. The van der Waals surface area contributed by atoms with Crippen LogP contribution in [0.5, 0.6) is 0 Å². The first kappa shape index (κ1) is 14.7. The number of benzene rings is 1. The van der Waals surface area contributed by atoms with Crippen molar-refractivity contribution in [3.63, 3.8) is 0 Å². The van der Waals surface area contributed by atoms with Crippen molar-refractivity contribution in [3.8, 4) is 10.6 Å². The SMILES string of the molecule is CCOCCOC(=O)c1sc(-c2ccccc2)nc1C. The summed E-state index contributed by atoms with van der Waals surface area (Å²) in [6.07, 6.45) is 0. The maximum Gasteiger partial charge on any atom is 0.350 e. The van der Waals surface area contributed by atoms with Gasteiger partial charge in [0.2, 0.25) is 0 Å². The van der Waals surface area contributed by atoms with Crippen LogP contribution in [-0.2, 0) is 9.47 Å². The zero-order valence-electron chi connectivity index (χ0n) is 11.6. The molecule has 0 fully saturated rings. The fraction of sp³-hybridized carbons (Fsp3) is 0.333. The molecule has 0 saturated heterocycles. The third kappa shape index (κ3) is 3.65. The molecule has 0 atom stereocenters. The van der Waals surface area contributed by atoms with Crippen molar-refractivity contribution in [2.24, 2.45) is 0 Å². The largest absolute Gasteiger partial charge is 0.459 e. The van der Waals surface area contributed by atoms with E-state index in [0.717, 1.165) is 10.6 Å². The van der Waals surface area contributed by atoms with E-state index < -0.39 is 0 Å². The summed E-state index contributed by atoms with van der Waals surface area (Å²) in [4.78, 5) is 17.0. The minimum absolute atomic E-state index is 0.269. The van der Waals surface area contributed by atoms with Crippen LogP contribution in [0.4, 0.5) is 0 Å². The third-order valence-electron chi connectivity index (χ3n) is 2.67. The summed E-state index contributed by atoms with van der Waals surface area (Å²) in [5, 5.41) is 0.833. The molecule has 0 saturated carbocycles. The molecule has 1 heterocycles. The lowest BCUT2D eigenvalue weighted by Gasteiger charge is -2.03. The maximum absolute atomic E-state index is 12.0. The van der Waals surface area contributed by atoms with Gasteiger partial charge in [-0.3, -0.25) is 0 Å². The fourth-order valence-corrected chi connectivity index (χ4v) is 2.66. The van der Waals surface area contributed by atoms with Crippen molar-refractivity contribution in [1.82, 2.24) is 4.98 Å². The first-order chi connectivity index (χ1) is 9.72. The molecule has 0 aliphatic rings. The average molecular weight is 291 g/mol. The maximum atomic E-state index is 12.0. The van der Waals surface area contributed by atoms with Gasteiger partial charge in [0.15, 0.2) is 0 Å². The normalized spacial score (nSPS) is 10.5. The van der Waals surface area contributed by atoms with Crippen LogP contribution in [0.2, 0.25) is 0 Å². The van der Waals surface area contributed by atoms with Gasteiger partial charge in [0.25, 0.3) is 0 Å². The monoisotopic (exact) mass is 291 g/mol. The standard InChI is InChI=1S/C15H17NO3S/c1-3-18-9-10-19-15(17)13-11(2)16-14(20-13)12-7-5-4-6-8-12/h4-8H,3,9-10H2,1-2H3. The van der Waals surface area contributed by atoms with Gasteiger partial charge in [0.05, 0.1) is 12.3 Å². The Kier molecular flexibility index (Phi) is 5.26. The number of aromatic nitrogens is 1. The lowest BCUT2D eigenvalue weighted by Crippen LogP contribution is -2.10. The summed E-state index contributed by atoms with van der Waals surface area (Å²) in [5.74, 6) is -0.332. The highest BCUT2D eigenvalue weighted by Gasteiger charge is 2.17. The van der Waals surface area contributed by atoms with Gasteiger partial charge in [-0.15, -0.1) is 11.3 Å². The van der Waals surface area contributed by atoms with E-state index in [1.807, 2.05) is 44.2 Å². The number of carbonyl (C=O) groups excluding carboxylic acids is 1. The van der Waals surface area contributed by atoms with Crippen molar-refractivity contribution in [1.29, 1.82) is 0 Å². The Balaban J connectivity index is 2.06. The molecule has 0 unspecified atom stereocenters. The van der Waals surface area contributed by atoms with Gasteiger partial charge in [0.1, 0.15) is 16.5 Å². The van der Waals surface area contributed by atoms with Crippen LogP contribution >= 0.6 is 11.3 Å². The molecule has 5 heteroatoms. The van der Waals surface area contributed by atoms with Gasteiger partial charge in [-0.25, -0.2) is 9.78 Å². The minimum atomic E-state index is -0.332. The Bertz CT molecular complexity index is 566. The molecule has 1 aromatic carbocycles. The number of carbonyl (C=O) groups is 1. The molecule has 0 spiro atoms. The summed E-state index contributed by atoms with van der Waals surface area (Å²) < 4.78 is 10.3. The molecule has 0 N–H and O–H groups in total. The van der Waals surface area contributed by atoms with Crippen LogP contribution in [0.3, 0.4) is 0 Å². The number of hydrogen-bond donors (Lipinski definition) is 0. The highest BCUT2D eigenvalue weighted by molar-refractivity contribution is 7.17. The number of ether oxygens (including phenoxy) is 2. The van der Waals surface area contributed by atoms with Gasteiger partial charge in [0, 0.05) is 12.2 Å². The van der Waals surface area contributed by atoms with Crippen LogP contribution < -0.4 is 0 Å². The van der Waals surface area contributed by atoms with E-state index in [1.54, 1.807) is 0 Å². The van der Waals surface area contributed by atoms with E-state index in [0.29, 0.717) is 23.8 Å². The Morgan fingerprint density at radius 3 is 2.70 bits per heavy atom. The van der Waals surface area contributed by atoms with Crippen molar-refractivity contribution in [2.45, 2.75) is 13.8 Å². The van der Waals surface area contributed by atoms with Gasteiger partial charge in [-0.1, -0.05) is 30.3 Å². The molecule has 0 aliphatic heterocycles. The quantitative estimate of drug-likeness (QED) is 0.605. The Labute approximate surface area is 122 Å². The summed E-state index contributed by atoms with van der Waals surface area (Å²) in [6, 6.07) is 9.80. The van der Waals surface area contributed by atoms with Crippen LogP contribution in [0.25, 0.3) is 10.6 Å². The molecule has 2 rings (SSSR count). The summed E-state index contributed by atoms with van der Waals surface area (Å²) in [6.45, 7) is 5.04. The van der Waals surface area contributed by atoms with E-state index in [9.17, 15) is 4.79 Å². The summed E-state index contributed by atoms with van der Waals surface area (Å²) in [5.41, 5.74) is 1.71. The Morgan fingerprint density at radius 2 is 2.00 bits per heavy atom. The fourth-order valence-electron chi connectivity index (χ4n) is 1.69. The number of nitrogens with zero attached hydrogens (tertiary/aromatic N) is 1. The molecule has 106 valence electrons. The van der Waals surface area contributed by atoms with E-state index >= 15 is 0 Å². The molecule has 20 heavy (non-hydrogen) atoms. The van der Waals surface area contributed by atoms with E-state index in [4.69, 9.17) is 9.47 Å². The van der Waals surface area contributed by atoms with Gasteiger partial charge >= 0.3 is 5.97 Å². The molecule has 0 radical (unpaired) electrons. The van der Waals surface area contributed by atoms with Gasteiger partial charge in [-0.2, -0.15) is 0 Å². The Morgan fingerprint density at radius 1 is 1.25 bits per heavy atom. The smallest absolute Gasteiger partial charge is 0.350 e. The first-order valence-corrected chi connectivity index (χ1v) is 7.31. The zero-order chi connectivity index (χ0) is 14.4. The predicted octanol–water partition coefficient (Wildman–Crippen LogP) is 3.31. The molecule has 1 aromatic heterocycles. The first-order valence-electron chi connectivity index (χ1n) is 6.50. The number of hydrogen-bond acceptors (Lipinski definition) is 5. The van der Waals surface area contributed by atoms with E-state index in [2.05, 4.69) is 4.98 Å². The van der Waals surface area contributed by atoms with Crippen LogP contribution in [-0.4, -0.2) is 30.8 Å².